The SMILES string of the molecule is C[C@@H](CN)NS(=O)(=O)c1ccc(OCc2ncnn2C)cc1.Cl. The fraction of sp³-hybridized carbons (Fsp3) is 0.385. The first kappa shape index (κ1) is 19.4. The van der Waals surface area contributed by atoms with Gasteiger partial charge in [-0.05, 0) is 31.2 Å². The van der Waals surface area contributed by atoms with E-state index in [1.165, 1.54) is 18.5 Å². The number of nitrogens with zero attached hydrogens (tertiary/aromatic N) is 3. The van der Waals surface area contributed by atoms with E-state index in [0.717, 1.165) is 0 Å². The van der Waals surface area contributed by atoms with Crippen LogP contribution in [0.5, 0.6) is 5.75 Å². The van der Waals surface area contributed by atoms with Gasteiger partial charge in [0.05, 0.1) is 4.90 Å². The summed E-state index contributed by atoms with van der Waals surface area (Å²) in [4.78, 5) is 4.20. The smallest absolute Gasteiger partial charge is 0.240 e. The van der Waals surface area contributed by atoms with Gasteiger partial charge in [0.15, 0.2) is 5.82 Å². The molecule has 0 bridgehead atoms. The van der Waals surface area contributed by atoms with E-state index in [1.807, 2.05) is 0 Å². The predicted octanol–water partition coefficient (Wildman–Crippen LogP) is 0.441. The van der Waals surface area contributed by atoms with Crippen molar-refractivity contribution in [1.82, 2.24) is 19.5 Å². The zero-order chi connectivity index (χ0) is 16.2. The summed E-state index contributed by atoms with van der Waals surface area (Å²) in [5.41, 5.74) is 5.42. The van der Waals surface area contributed by atoms with E-state index in [9.17, 15) is 8.42 Å². The number of nitrogens with two attached hydrogens (primary N) is 1. The molecule has 0 aliphatic rings. The molecule has 0 fully saturated rings. The first-order valence-electron chi connectivity index (χ1n) is 6.70. The quantitative estimate of drug-likeness (QED) is 0.740. The third kappa shape index (κ3) is 5.17. The van der Waals surface area contributed by atoms with Crippen molar-refractivity contribution in [2.24, 2.45) is 12.8 Å². The molecular weight excluding hydrogens is 342 g/mol. The highest BCUT2D eigenvalue weighted by molar-refractivity contribution is 7.89. The number of benzene rings is 1. The molecule has 1 aromatic carbocycles. The second kappa shape index (κ2) is 8.25. The van der Waals surface area contributed by atoms with E-state index >= 15 is 0 Å². The van der Waals surface area contributed by atoms with Crippen molar-refractivity contribution in [1.29, 1.82) is 0 Å². The van der Waals surface area contributed by atoms with Crippen LogP contribution in [-0.2, 0) is 23.7 Å². The van der Waals surface area contributed by atoms with Gasteiger partial charge in [-0.25, -0.2) is 18.1 Å². The van der Waals surface area contributed by atoms with E-state index in [1.54, 1.807) is 30.8 Å². The second-order valence-corrected chi connectivity index (χ2v) is 6.53. The Balaban J connectivity index is 0.00000264. The number of rotatable bonds is 7. The minimum Gasteiger partial charge on any atom is -0.486 e. The van der Waals surface area contributed by atoms with Crippen LogP contribution < -0.4 is 15.2 Å². The lowest BCUT2D eigenvalue weighted by Crippen LogP contribution is -2.37. The number of hydrogen-bond donors (Lipinski definition) is 2. The van der Waals surface area contributed by atoms with Crippen molar-refractivity contribution in [3.05, 3.63) is 36.4 Å². The third-order valence-corrected chi connectivity index (χ3v) is 4.62. The lowest BCUT2D eigenvalue weighted by molar-refractivity contribution is 0.289. The normalized spacial score (nSPS) is 12.5. The summed E-state index contributed by atoms with van der Waals surface area (Å²) in [6, 6.07) is 5.84. The molecule has 0 unspecified atom stereocenters. The number of aromatic nitrogens is 3. The van der Waals surface area contributed by atoms with E-state index in [2.05, 4.69) is 14.8 Å². The number of nitrogens with one attached hydrogen (secondary N) is 1. The monoisotopic (exact) mass is 361 g/mol. The highest BCUT2D eigenvalue weighted by atomic mass is 35.5. The van der Waals surface area contributed by atoms with Crippen molar-refractivity contribution >= 4 is 22.4 Å². The maximum atomic E-state index is 12.1. The summed E-state index contributed by atoms with van der Waals surface area (Å²) in [5, 5.41) is 3.94. The molecule has 8 nitrogen and oxygen atoms in total. The molecule has 0 saturated heterocycles. The standard InChI is InChI=1S/C13H19N5O3S.ClH/c1-10(7-14)17-22(19,20)12-5-3-11(4-6-12)21-8-13-15-9-16-18(13)2;/h3-6,9-10,17H,7-8,14H2,1-2H3;1H/t10-;/m0./s1. The maximum Gasteiger partial charge on any atom is 0.240 e. The number of sulfonamides is 1. The van der Waals surface area contributed by atoms with Gasteiger partial charge < -0.3 is 10.5 Å². The first-order chi connectivity index (χ1) is 10.4. The molecule has 128 valence electrons. The molecule has 0 saturated carbocycles. The van der Waals surface area contributed by atoms with Crippen molar-refractivity contribution in [2.45, 2.75) is 24.5 Å². The summed E-state index contributed by atoms with van der Waals surface area (Å²) in [7, 11) is -1.80. The summed E-state index contributed by atoms with van der Waals surface area (Å²) in [5.74, 6) is 1.23. The van der Waals surface area contributed by atoms with Crippen LogP contribution in [0.3, 0.4) is 0 Å². The molecule has 3 N–H and O–H groups in total. The molecule has 0 aliphatic carbocycles. The zero-order valence-electron chi connectivity index (χ0n) is 12.8. The predicted molar refractivity (Wildman–Crippen MR) is 87.9 cm³/mol. The molecule has 0 radical (unpaired) electrons. The molecule has 1 atom stereocenters. The van der Waals surface area contributed by atoms with Gasteiger partial charge >= 0.3 is 0 Å². The van der Waals surface area contributed by atoms with E-state index < -0.39 is 10.0 Å². The van der Waals surface area contributed by atoms with Crippen LogP contribution in [0.2, 0.25) is 0 Å². The average molecular weight is 362 g/mol. The van der Waals surface area contributed by atoms with Crippen LogP contribution >= 0.6 is 12.4 Å². The Hall–Kier alpha value is -1.68. The van der Waals surface area contributed by atoms with Gasteiger partial charge in [0, 0.05) is 19.6 Å². The minimum absolute atomic E-state index is 0. The molecule has 0 aliphatic heterocycles. The van der Waals surface area contributed by atoms with Crippen molar-refractivity contribution < 1.29 is 13.2 Å². The molecule has 0 spiro atoms. The first-order valence-corrected chi connectivity index (χ1v) is 8.19. The van der Waals surface area contributed by atoms with Crippen LogP contribution in [0.1, 0.15) is 12.7 Å². The Bertz CT molecular complexity index is 717. The molecule has 23 heavy (non-hydrogen) atoms. The second-order valence-electron chi connectivity index (χ2n) is 4.82. The van der Waals surface area contributed by atoms with Crippen LogP contribution in [0.15, 0.2) is 35.5 Å². The third-order valence-electron chi connectivity index (χ3n) is 3.02. The Morgan fingerprint density at radius 2 is 2.00 bits per heavy atom. The van der Waals surface area contributed by atoms with E-state index in [4.69, 9.17) is 10.5 Å². The minimum atomic E-state index is -3.57. The Kier molecular flexibility index (Phi) is 6.95. The van der Waals surface area contributed by atoms with E-state index in [0.29, 0.717) is 11.6 Å². The number of halogens is 1. The van der Waals surface area contributed by atoms with Crippen molar-refractivity contribution in [3.8, 4) is 5.75 Å². The van der Waals surface area contributed by atoms with Gasteiger partial charge in [0.1, 0.15) is 18.7 Å². The largest absolute Gasteiger partial charge is 0.486 e. The molecule has 1 aromatic heterocycles. The number of ether oxygens (including phenoxy) is 1. The van der Waals surface area contributed by atoms with E-state index in [-0.39, 0.29) is 36.5 Å². The van der Waals surface area contributed by atoms with Crippen LogP contribution in [0.25, 0.3) is 0 Å². The lowest BCUT2D eigenvalue weighted by atomic mass is 10.3. The number of aryl methyl sites for hydroxylation is 1. The van der Waals surface area contributed by atoms with Crippen LogP contribution in [-0.4, -0.2) is 35.8 Å². The van der Waals surface area contributed by atoms with Crippen LogP contribution in [0, 0.1) is 0 Å². The molecular formula is C13H20ClN5O3S. The van der Waals surface area contributed by atoms with Gasteiger partial charge in [-0.1, -0.05) is 0 Å². The Morgan fingerprint density at radius 1 is 1.35 bits per heavy atom. The fourth-order valence-corrected chi connectivity index (χ4v) is 2.95. The lowest BCUT2D eigenvalue weighted by Gasteiger charge is -2.12. The maximum absolute atomic E-state index is 12.1. The summed E-state index contributed by atoms with van der Waals surface area (Å²) in [6.45, 7) is 2.19. The van der Waals surface area contributed by atoms with Gasteiger partial charge in [0.2, 0.25) is 10.0 Å². The molecule has 0 amide bonds. The van der Waals surface area contributed by atoms with Gasteiger partial charge in [-0.15, -0.1) is 12.4 Å². The van der Waals surface area contributed by atoms with Gasteiger partial charge in [-0.2, -0.15) is 5.10 Å². The molecule has 10 heteroatoms. The highest BCUT2D eigenvalue weighted by Crippen LogP contribution is 2.17. The Labute approximate surface area is 141 Å². The number of hydrogen-bond acceptors (Lipinski definition) is 6. The van der Waals surface area contributed by atoms with Crippen molar-refractivity contribution in [2.75, 3.05) is 6.54 Å². The fourth-order valence-electron chi connectivity index (χ4n) is 1.69. The highest BCUT2D eigenvalue weighted by Gasteiger charge is 2.16. The summed E-state index contributed by atoms with van der Waals surface area (Å²) < 4.78 is 33.8. The molecule has 1 heterocycles. The molecule has 2 rings (SSSR count). The van der Waals surface area contributed by atoms with Crippen LogP contribution in [0.4, 0.5) is 0 Å². The summed E-state index contributed by atoms with van der Waals surface area (Å²) >= 11 is 0. The van der Waals surface area contributed by atoms with Gasteiger partial charge in [0.25, 0.3) is 0 Å². The Morgan fingerprint density at radius 3 is 2.52 bits per heavy atom. The molecule has 2 aromatic rings. The topological polar surface area (TPSA) is 112 Å². The van der Waals surface area contributed by atoms with Gasteiger partial charge in [-0.3, -0.25) is 4.68 Å². The average Bonchev–Trinajstić information content (AvgIpc) is 2.90. The van der Waals surface area contributed by atoms with Crippen molar-refractivity contribution in [3.63, 3.8) is 0 Å². The summed E-state index contributed by atoms with van der Waals surface area (Å²) in [6.07, 6.45) is 1.44. The zero-order valence-corrected chi connectivity index (χ0v) is 14.5.